The third-order valence-electron chi connectivity index (χ3n) is 4.00. The lowest BCUT2D eigenvalue weighted by Gasteiger charge is -2.07. The van der Waals surface area contributed by atoms with Crippen LogP contribution in [0.25, 0.3) is 11.3 Å². The number of rotatable bonds is 6. The first-order chi connectivity index (χ1) is 13.6. The van der Waals surface area contributed by atoms with Crippen LogP contribution in [-0.4, -0.2) is 23.4 Å². The van der Waals surface area contributed by atoms with Crippen molar-refractivity contribution in [1.29, 1.82) is 0 Å². The smallest absolute Gasteiger partial charge is 0.263 e. The van der Waals surface area contributed by atoms with E-state index in [1.165, 1.54) is 6.20 Å². The molecule has 0 atom stereocenters. The van der Waals surface area contributed by atoms with E-state index in [0.717, 1.165) is 21.8 Å². The van der Waals surface area contributed by atoms with Crippen molar-refractivity contribution in [3.8, 4) is 11.3 Å². The molecule has 0 spiro atoms. The van der Waals surface area contributed by atoms with E-state index in [4.69, 9.17) is 0 Å². The highest BCUT2D eigenvalue weighted by Crippen LogP contribution is 2.23. The lowest BCUT2D eigenvalue weighted by molar-refractivity contribution is 0.601. The van der Waals surface area contributed by atoms with Crippen molar-refractivity contribution >= 4 is 27.2 Å². The molecule has 1 aromatic carbocycles. The molecule has 0 amide bonds. The molecule has 3 heterocycles. The molecule has 0 radical (unpaired) electrons. The summed E-state index contributed by atoms with van der Waals surface area (Å²) in [7, 11) is -3.67. The molecule has 1 N–H and O–H groups in total. The zero-order valence-electron chi connectivity index (χ0n) is 14.7. The van der Waals surface area contributed by atoms with Gasteiger partial charge in [-0.05, 0) is 42.0 Å². The van der Waals surface area contributed by atoms with Gasteiger partial charge in [0.2, 0.25) is 0 Å². The Morgan fingerprint density at radius 3 is 2.54 bits per heavy atom. The molecular formula is C20H16N4O2S2. The Kier molecular flexibility index (Phi) is 5.14. The quantitative estimate of drug-likeness (QED) is 0.521. The van der Waals surface area contributed by atoms with Gasteiger partial charge in [0.15, 0.2) is 0 Å². The van der Waals surface area contributed by atoms with Gasteiger partial charge in [-0.25, -0.2) is 18.4 Å². The van der Waals surface area contributed by atoms with Gasteiger partial charge in [-0.2, -0.15) is 0 Å². The maximum absolute atomic E-state index is 12.5. The number of aromatic nitrogens is 3. The zero-order valence-corrected chi connectivity index (χ0v) is 16.3. The van der Waals surface area contributed by atoms with Crippen LogP contribution in [0.2, 0.25) is 0 Å². The first-order valence-electron chi connectivity index (χ1n) is 8.48. The van der Waals surface area contributed by atoms with Gasteiger partial charge in [-0.15, -0.1) is 11.3 Å². The van der Waals surface area contributed by atoms with Crippen LogP contribution in [-0.2, 0) is 16.4 Å². The topological polar surface area (TPSA) is 84.8 Å². The molecule has 6 nitrogen and oxygen atoms in total. The number of benzene rings is 1. The van der Waals surface area contributed by atoms with E-state index in [1.807, 2.05) is 17.5 Å². The van der Waals surface area contributed by atoms with Gasteiger partial charge in [0.1, 0.15) is 5.82 Å². The molecule has 8 heteroatoms. The lowest BCUT2D eigenvalue weighted by Crippen LogP contribution is -2.13. The number of pyridine rings is 2. The van der Waals surface area contributed by atoms with Gasteiger partial charge < -0.3 is 0 Å². The fourth-order valence-corrected chi connectivity index (χ4v) is 4.47. The summed E-state index contributed by atoms with van der Waals surface area (Å²) in [5.41, 5.74) is 2.86. The van der Waals surface area contributed by atoms with Crippen molar-refractivity contribution in [2.24, 2.45) is 0 Å². The molecule has 0 aliphatic carbocycles. The Balaban J connectivity index is 1.47. The molecule has 0 aliphatic heterocycles. The van der Waals surface area contributed by atoms with Crippen LogP contribution in [0.15, 0.2) is 83.5 Å². The highest BCUT2D eigenvalue weighted by Gasteiger charge is 2.15. The molecule has 28 heavy (non-hydrogen) atoms. The summed E-state index contributed by atoms with van der Waals surface area (Å²) in [5.74, 6) is 0.289. The molecule has 0 saturated carbocycles. The maximum Gasteiger partial charge on any atom is 0.263 e. The Morgan fingerprint density at radius 2 is 1.82 bits per heavy atom. The molecule has 0 saturated heterocycles. The number of nitrogens with zero attached hydrogens (tertiary/aromatic N) is 3. The summed E-state index contributed by atoms with van der Waals surface area (Å²) in [6.07, 6.45) is 5.69. The molecule has 0 aliphatic rings. The second-order valence-corrected chi connectivity index (χ2v) is 8.63. The van der Waals surface area contributed by atoms with Gasteiger partial charge in [0.25, 0.3) is 10.0 Å². The molecule has 0 bridgehead atoms. The first kappa shape index (κ1) is 18.3. The van der Waals surface area contributed by atoms with Crippen LogP contribution >= 0.6 is 11.3 Å². The standard InChI is InChI=1S/C20H16N4O2S2/c25-28(26,24-19-5-1-2-11-22-19)17-8-6-15(7-9-17)12-20-23-18(14-27-20)16-4-3-10-21-13-16/h1-11,13-14H,12H2,(H,22,24). The molecule has 3 aromatic heterocycles. The minimum Gasteiger partial charge on any atom is -0.264 e. The van der Waals surface area contributed by atoms with Gasteiger partial charge in [-0.3, -0.25) is 9.71 Å². The molecule has 0 fully saturated rings. The van der Waals surface area contributed by atoms with Crippen molar-refractivity contribution in [2.45, 2.75) is 11.3 Å². The number of hydrogen-bond donors (Lipinski definition) is 1. The molecular weight excluding hydrogens is 392 g/mol. The summed E-state index contributed by atoms with van der Waals surface area (Å²) in [6, 6.07) is 15.7. The van der Waals surface area contributed by atoms with E-state index in [1.54, 1.807) is 66.2 Å². The predicted octanol–water partition coefficient (Wildman–Crippen LogP) is 3.99. The van der Waals surface area contributed by atoms with Gasteiger partial charge >= 0.3 is 0 Å². The summed E-state index contributed by atoms with van der Waals surface area (Å²) >= 11 is 1.57. The van der Waals surface area contributed by atoms with E-state index < -0.39 is 10.0 Å². The molecule has 4 aromatic rings. The second kappa shape index (κ2) is 7.87. The van der Waals surface area contributed by atoms with Crippen LogP contribution in [0.1, 0.15) is 10.6 Å². The van der Waals surface area contributed by atoms with Crippen LogP contribution in [0.3, 0.4) is 0 Å². The maximum atomic E-state index is 12.5. The van der Waals surface area contributed by atoms with Crippen molar-refractivity contribution in [1.82, 2.24) is 15.0 Å². The van der Waals surface area contributed by atoms with E-state index in [9.17, 15) is 8.42 Å². The second-order valence-electron chi connectivity index (χ2n) is 6.01. The minimum absolute atomic E-state index is 0.192. The largest absolute Gasteiger partial charge is 0.264 e. The molecule has 4 rings (SSSR count). The lowest BCUT2D eigenvalue weighted by atomic mass is 10.1. The van der Waals surface area contributed by atoms with Crippen LogP contribution in [0.5, 0.6) is 0 Å². The van der Waals surface area contributed by atoms with Gasteiger partial charge in [0, 0.05) is 36.0 Å². The summed E-state index contributed by atoms with van der Waals surface area (Å²) in [6.45, 7) is 0. The number of sulfonamides is 1. The van der Waals surface area contributed by atoms with Gasteiger partial charge in [0.05, 0.1) is 15.6 Å². The normalized spacial score (nSPS) is 11.3. The fourth-order valence-electron chi connectivity index (χ4n) is 2.62. The van der Waals surface area contributed by atoms with E-state index in [0.29, 0.717) is 6.42 Å². The van der Waals surface area contributed by atoms with E-state index in [2.05, 4.69) is 19.7 Å². The van der Waals surface area contributed by atoms with Crippen molar-refractivity contribution < 1.29 is 8.42 Å². The Bertz CT molecular complexity index is 1160. The number of nitrogens with one attached hydrogen (secondary N) is 1. The number of hydrogen-bond acceptors (Lipinski definition) is 6. The molecule has 140 valence electrons. The van der Waals surface area contributed by atoms with Crippen molar-refractivity contribution in [3.05, 3.63) is 89.1 Å². The third kappa shape index (κ3) is 4.24. The van der Waals surface area contributed by atoms with E-state index in [-0.39, 0.29) is 10.7 Å². The minimum atomic E-state index is -3.67. The third-order valence-corrected chi connectivity index (χ3v) is 6.22. The Hall–Kier alpha value is -3.10. The summed E-state index contributed by atoms with van der Waals surface area (Å²) in [4.78, 5) is 12.9. The highest BCUT2D eigenvalue weighted by molar-refractivity contribution is 7.92. The SMILES string of the molecule is O=S(=O)(Nc1ccccn1)c1ccc(Cc2nc(-c3cccnc3)cs2)cc1. The van der Waals surface area contributed by atoms with Crippen LogP contribution in [0.4, 0.5) is 5.82 Å². The van der Waals surface area contributed by atoms with E-state index >= 15 is 0 Å². The Labute approximate surface area is 167 Å². The fraction of sp³-hybridized carbons (Fsp3) is 0.0500. The summed E-state index contributed by atoms with van der Waals surface area (Å²) < 4.78 is 27.4. The predicted molar refractivity (Wildman–Crippen MR) is 110 cm³/mol. The van der Waals surface area contributed by atoms with Crippen LogP contribution < -0.4 is 4.72 Å². The highest BCUT2D eigenvalue weighted by atomic mass is 32.2. The number of anilines is 1. The monoisotopic (exact) mass is 408 g/mol. The van der Waals surface area contributed by atoms with Crippen molar-refractivity contribution in [2.75, 3.05) is 4.72 Å². The molecule has 0 unspecified atom stereocenters. The van der Waals surface area contributed by atoms with Crippen molar-refractivity contribution in [3.63, 3.8) is 0 Å². The zero-order chi connectivity index (χ0) is 19.4. The number of thiazole rings is 1. The van der Waals surface area contributed by atoms with Crippen LogP contribution in [0, 0.1) is 0 Å². The average Bonchev–Trinajstić information content (AvgIpc) is 3.18. The summed E-state index contributed by atoms with van der Waals surface area (Å²) in [5, 5.41) is 2.96. The average molecular weight is 409 g/mol. The first-order valence-corrected chi connectivity index (χ1v) is 10.8. The van der Waals surface area contributed by atoms with Gasteiger partial charge in [-0.1, -0.05) is 18.2 Å². The Morgan fingerprint density at radius 1 is 0.964 bits per heavy atom.